The summed E-state index contributed by atoms with van der Waals surface area (Å²) in [6, 6.07) is 4.58. The van der Waals surface area contributed by atoms with Gasteiger partial charge in [0.05, 0.1) is 14.2 Å². The van der Waals surface area contributed by atoms with Crippen molar-refractivity contribution in [3.63, 3.8) is 0 Å². The summed E-state index contributed by atoms with van der Waals surface area (Å²) in [7, 11) is -0.871. The van der Waals surface area contributed by atoms with E-state index in [-0.39, 0.29) is 23.1 Å². The molecule has 1 aromatic rings. The summed E-state index contributed by atoms with van der Waals surface area (Å²) in [5, 5.41) is 0. The highest BCUT2D eigenvalue weighted by Crippen LogP contribution is 2.27. The number of methoxy groups -OCH3 is 2. The predicted molar refractivity (Wildman–Crippen MR) is 85.2 cm³/mol. The van der Waals surface area contributed by atoms with E-state index in [4.69, 9.17) is 9.47 Å². The molecule has 1 aromatic carbocycles. The van der Waals surface area contributed by atoms with Crippen LogP contribution in [0.2, 0.25) is 0 Å². The maximum Gasteiger partial charge on any atom is 0.244 e. The lowest BCUT2D eigenvalue weighted by molar-refractivity contribution is -0.133. The number of hydrogen-bond donors (Lipinski definition) is 1. The molecule has 1 amide bonds. The number of ether oxygens (including phenoxy) is 2. The van der Waals surface area contributed by atoms with Gasteiger partial charge < -0.3 is 14.4 Å². The maximum atomic E-state index is 12.5. The van der Waals surface area contributed by atoms with Crippen LogP contribution in [-0.2, 0) is 14.8 Å². The fourth-order valence-electron chi connectivity index (χ4n) is 2.48. The van der Waals surface area contributed by atoms with Gasteiger partial charge in [0.1, 0.15) is 16.4 Å². The molecule has 1 aliphatic heterocycles. The summed E-state index contributed by atoms with van der Waals surface area (Å²) in [6.45, 7) is 1.21. The smallest absolute Gasteiger partial charge is 0.244 e. The number of carbonyl (C=O) groups excluding carboxylic acids is 1. The SMILES string of the molecule is COc1ccc(OC)c(S(=O)(=O)NCCN2CCCCC2=O)c1. The second kappa shape index (κ2) is 7.65. The molecule has 1 heterocycles. The summed E-state index contributed by atoms with van der Waals surface area (Å²) in [5.41, 5.74) is 0. The van der Waals surface area contributed by atoms with Crippen LogP contribution in [0.4, 0.5) is 0 Å². The van der Waals surface area contributed by atoms with Crippen LogP contribution in [0.25, 0.3) is 0 Å². The van der Waals surface area contributed by atoms with Crippen LogP contribution in [-0.4, -0.2) is 53.1 Å². The van der Waals surface area contributed by atoms with Crippen molar-refractivity contribution in [2.24, 2.45) is 0 Å². The van der Waals surface area contributed by atoms with Crippen LogP contribution in [0.1, 0.15) is 19.3 Å². The van der Waals surface area contributed by atoms with Crippen molar-refractivity contribution < 1.29 is 22.7 Å². The molecule has 0 bridgehead atoms. The Morgan fingerprint density at radius 1 is 1.22 bits per heavy atom. The second-order valence-corrected chi connectivity index (χ2v) is 6.99. The molecule has 0 unspecified atom stereocenters. The topological polar surface area (TPSA) is 84.9 Å². The first kappa shape index (κ1) is 17.6. The largest absolute Gasteiger partial charge is 0.497 e. The standard InChI is InChI=1S/C15H22N2O5S/c1-21-12-6-7-13(22-2)14(11-12)23(19,20)16-8-10-17-9-4-3-5-15(17)18/h6-7,11,16H,3-5,8-10H2,1-2H3. The van der Waals surface area contributed by atoms with Gasteiger partial charge in [-0.05, 0) is 25.0 Å². The minimum Gasteiger partial charge on any atom is -0.497 e. The van der Waals surface area contributed by atoms with Gasteiger partial charge in [-0.25, -0.2) is 13.1 Å². The lowest BCUT2D eigenvalue weighted by atomic mass is 10.1. The lowest BCUT2D eigenvalue weighted by Gasteiger charge is -2.26. The van der Waals surface area contributed by atoms with Crippen LogP contribution in [0.5, 0.6) is 11.5 Å². The number of nitrogens with zero attached hydrogens (tertiary/aromatic N) is 1. The van der Waals surface area contributed by atoms with Gasteiger partial charge >= 0.3 is 0 Å². The van der Waals surface area contributed by atoms with Crippen LogP contribution < -0.4 is 14.2 Å². The van der Waals surface area contributed by atoms with E-state index in [2.05, 4.69) is 4.72 Å². The Balaban J connectivity index is 2.05. The summed E-state index contributed by atoms with van der Waals surface area (Å²) in [5.74, 6) is 0.749. The van der Waals surface area contributed by atoms with Crippen molar-refractivity contribution >= 4 is 15.9 Å². The number of amides is 1. The van der Waals surface area contributed by atoms with Crippen molar-refractivity contribution in [1.82, 2.24) is 9.62 Å². The molecule has 0 atom stereocenters. The molecule has 0 radical (unpaired) electrons. The Kier molecular flexibility index (Phi) is 5.84. The summed E-state index contributed by atoms with van der Waals surface area (Å²) >= 11 is 0. The third-order valence-electron chi connectivity index (χ3n) is 3.76. The van der Waals surface area contributed by atoms with Crippen LogP contribution >= 0.6 is 0 Å². The van der Waals surface area contributed by atoms with Gasteiger partial charge in [-0.2, -0.15) is 0 Å². The summed E-state index contributed by atoms with van der Waals surface area (Å²) in [4.78, 5) is 13.4. The number of piperidine rings is 1. The maximum absolute atomic E-state index is 12.5. The van der Waals surface area contributed by atoms with Gasteiger partial charge in [0.25, 0.3) is 0 Å². The van der Waals surface area contributed by atoms with Gasteiger partial charge in [0, 0.05) is 32.1 Å². The molecule has 23 heavy (non-hydrogen) atoms. The fraction of sp³-hybridized carbons (Fsp3) is 0.533. The molecular formula is C15H22N2O5S. The quantitative estimate of drug-likeness (QED) is 0.799. The third-order valence-corrected chi connectivity index (χ3v) is 5.24. The fourth-order valence-corrected chi connectivity index (χ4v) is 3.69. The van der Waals surface area contributed by atoms with E-state index in [9.17, 15) is 13.2 Å². The predicted octanol–water partition coefficient (Wildman–Crippen LogP) is 0.995. The Morgan fingerprint density at radius 3 is 2.65 bits per heavy atom. The van der Waals surface area contributed by atoms with Crippen LogP contribution in [0.3, 0.4) is 0 Å². The Morgan fingerprint density at radius 2 is 2.00 bits per heavy atom. The average molecular weight is 342 g/mol. The average Bonchev–Trinajstić information content (AvgIpc) is 2.56. The van der Waals surface area contributed by atoms with E-state index >= 15 is 0 Å². The Labute approximate surface area is 136 Å². The zero-order valence-corrected chi connectivity index (χ0v) is 14.2. The van der Waals surface area contributed by atoms with Gasteiger partial charge in [0.2, 0.25) is 15.9 Å². The molecule has 1 fully saturated rings. The molecule has 8 heteroatoms. The van der Waals surface area contributed by atoms with Gasteiger partial charge in [-0.3, -0.25) is 4.79 Å². The molecule has 1 N–H and O–H groups in total. The highest BCUT2D eigenvalue weighted by molar-refractivity contribution is 7.89. The zero-order valence-electron chi connectivity index (χ0n) is 13.4. The Hall–Kier alpha value is -1.80. The highest BCUT2D eigenvalue weighted by Gasteiger charge is 2.22. The highest BCUT2D eigenvalue weighted by atomic mass is 32.2. The van der Waals surface area contributed by atoms with Gasteiger partial charge in [-0.15, -0.1) is 0 Å². The molecule has 2 rings (SSSR count). The summed E-state index contributed by atoms with van der Waals surface area (Å²) in [6.07, 6.45) is 2.40. The molecular weight excluding hydrogens is 320 g/mol. The van der Waals surface area contributed by atoms with Crippen molar-refractivity contribution in [1.29, 1.82) is 0 Å². The normalized spacial score (nSPS) is 15.6. The van der Waals surface area contributed by atoms with Crippen LogP contribution in [0, 0.1) is 0 Å². The van der Waals surface area contributed by atoms with E-state index in [1.165, 1.54) is 20.3 Å². The molecule has 0 aromatic heterocycles. The second-order valence-electron chi connectivity index (χ2n) is 5.25. The van der Waals surface area contributed by atoms with Crippen molar-refractivity contribution in [3.05, 3.63) is 18.2 Å². The molecule has 0 saturated carbocycles. The first-order valence-corrected chi connectivity index (χ1v) is 8.95. The minimum absolute atomic E-state index is 0.0179. The summed E-state index contributed by atoms with van der Waals surface area (Å²) < 4.78 is 37.6. The number of hydrogen-bond acceptors (Lipinski definition) is 5. The Bertz CT molecular complexity index is 660. The van der Waals surface area contributed by atoms with Crippen molar-refractivity contribution in [2.45, 2.75) is 24.2 Å². The van der Waals surface area contributed by atoms with E-state index in [0.29, 0.717) is 25.3 Å². The van der Waals surface area contributed by atoms with Gasteiger partial charge in [-0.1, -0.05) is 0 Å². The van der Waals surface area contributed by atoms with E-state index in [0.717, 1.165) is 12.8 Å². The van der Waals surface area contributed by atoms with Gasteiger partial charge in [0.15, 0.2) is 0 Å². The number of benzene rings is 1. The molecule has 1 saturated heterocycles. The molecule has 0 aliphatic carbocycles. The number of rotatable bonds is 7. The molecule has 0 spiro atoms. The number of sulfonamides is 1. The number of nitrogens with one attached hydrogen (secondary N) is 1. The first-order valence-electron chi connectivity index (χ1n) is 7.47. The number of likely N-dealkylation sites (tertiary alicyclic amines) is 1. The van der Waals surface area contributed by atoms with E-state index in [1.54, 1.807) is 17.0 Å². The first-order chi connectivity index (χ1) is 11.0. The minimum atomic E-state index is -3.75. The molecule has 7 nitrogen and oxygen atoms in total. The number of carbonyl (C=O) groups is 1. The van der Waals surface area contributed by atoms with E-state index < -0.39 is 10.0 Å². The van der Waals surface area contributed by atoms with Crippen LogP contribution in [0.15, 0.2) is 23.1 Å². The van der Waals surface area contributed by atoms with Crippen molar-refractivity contribution in [2.75, 3.05) is 33.9 Å². The van der Waals surface area contributed by atoms with E-state index in [1.807, 2.05) is 0 Å². The van der Waals surface area contributed by atoms with Crippen molar-refractivity contribution in [3.8, 4) is 11.5 Å². The molecule has 128 valence electrons. The molecule has 1 aliphatic rings. The zero-order chi connectivity index (χ0) is 16.9. The third kappa shape index (κ3) is 4.35. The lowest BCUT2D eigenvalue weighted by Crippen LogP contribution is -2.41. The monoisotopic (exact) mass is 342 g/mol.